The molecule has 10 heteroatoms. The summed E-state index contributed by atoms with van der Waals surface area (Å²) in [6.45, 7) is 1.34. The van der Waals surface area contributed by atoms with Crippen molar-refractivity contribution >= 4 is 45.6 Å². The molecule has 0 amide bonds. The lowest BCUT2D eigenvalue weighted by atomic mass is 10.1. The first-order chi connectivity index (χ1) is 15.4. The fraction of sp³-hybridized carbons (Fsp3) is 0.318. The van der Waals surface area contributed by atoms with Crippen molar-refractivity contribution in [1.29, 1.82) is 0 Å². The van der Waals surface area contributed by atoms with Gasteiger partial charge in [0.25, 0.3) is 5.91 Å². The van der Waals surface area contributed by atoms with Crippen LogP contribution < -0.4 is 0 Å². The number of benzene rings is 2. The molecule has 168 valence electrons. The number of aryl methyl sites for hydroxylation is 1. The van der Waals surface area contributed by atoms with E-state index >= 15 is 0 Å². The van der Waals surface area contributed by atoms with Crippen molar-refractivity contribution in [3.63, 3.8) is 0 Å². The van der Waals surface area contributed by atoms with Crippen LogP contribution >= 0.6 is 34.8 Å². The van der Waals surface area contributed by atoms with Crippen LogP contribution in [0.3, 0.4) is 0 Å². The number of aromatic nitrogens is 1. The van der Waals surface area contributed by atoms with Crippen LogP contribution in [0.25, 0.3) is 22.7 Å². The fourth-order valence-electron chi connectivity index (χ4n) is 3.75. The van der Waals surface area contributed by atoms with E-state index in [0.29, 0.717) is 64.2 Å². The van der Waals surface area contributed by atoms with Crippen LogP contribution in [0.4, 0.5) is 0 Å². The van der Waals surface area contributed by atoms with Crippen LogP contribution in [0.2, 0.25) is 15.1 Å². The summed E-state index contributed by atoms with van der Waals surface area (Å²) in [5.41, 5.74) is 2.34. The molecule has 0 bridgehead atoms. The highest BCUT2D eigenvalue weighted by molar-refractivity contribution is 7.85. The second kappa shape index (κ2) is 9.06. The molecule has 0 saturated carbocycles. The average Bonchev–Trinajstić information content (AvgIpc) is 3.46. The zero-order valence-electron chi connectivity index (χ0n) is 16.9. The molecule has 2 aliphatic rings. The van der Waals surface area contributed by atoms with E-state index in [1.807, 2.05) is 30.3 Å². The number of nitrogens with zero attached hydrogens (tertiary/aromatic N) is 2. The molecule has 3 aromatic rings. The van der Waals surface area contributed by atoms with Crippen molar-refractivity contribution in [3.05, 3.63) is 63.3 Å². The highest BCUT2D eigenvalue weighted by atomic mass is 35.5. The van der Waals surface area contributed by atoms with Gasteiger partial charge in [0.15, 0.2) is 0 Å². The van der Waals surface area contributed by atoms with Gasteiger partial charge in [-0.3, -0.25) is 4.21 Å². The first-order valence-electron chi connectivity index (χ1n) is 10.1. The molecule has 1 aromatic heterocycles. The number of oxazole rings is 1. The van der Waals surface area contributed by atoms with E-state index in [4.69, 9.17) is 54.0 Å². The Balaban J connectivity index is 1.43. The lowest BCUT2D eigenvalue weighted by Gasteiger charge is -2.28. The largest absolute Gasteiger partial charge is 0.440 e. The second-order valence-corrected chi connectivity index (χ2v) is 10.6. The number of hydrogen-bond donors (Lipinski definition) is 0. The molecule has 0 aliphatic carbocycles. The summed E-state index contributed by atoms with van der Waals surface area (Å²) in [7, 11) is -0.772. The number of rotatable bonds is 6. The first-order valence-corrected chi connectivity index (χ1v) is 12.7. The minimum absolute atomic E-state index is 0.429. The predicted molar refractivity (Wildman–Crippen MR) is 125 cm³/mol. The smallest absolute Gasteiger partial charge is 0.290 e. The van der Waals surface area contributed by atoms with Gasteiger partial charge >= 0.3 is 0 Å². The van der Waals surface area contributed by atoms with Gasteiger partial charge in [0.05, 0.1) is 10.0 Å². The van der Waals surface area contributed by atoms with Crippen molar-refractivity contribution in [2.75, 3.05) is 24.6 Å². The van der Waals surface area contributed by atoms with E-state index in [1.54, 1.807) is 12.1 Å². The molecule has 2 fully saturated rings. The third-order valence-corrected chi connectivity index (χ3v) is 7.85. The molecule has 0 radical (unpaired) electrons. The van der Waals surface area contributed by atoms with Gasteiger partial charge in [0.2, 0.25) is 5.89 Å². The Morgan fingerprint density at radius 1 is 0.969 bits per heavy atom. The van der Waals surface area contributed by atoms with Crippen LogP contribution in [-0.2, 0) is 27.0 Å². The van der Waals surface area contributed by atoms with Gasteiger partial charge in [-0.2, -0.15) is 9.78 Å². The molecule has 0 atom stereocenters. The minimum atomic E-state index is -0.793. The van der Waals surface area contributed by atoms with Gasteiger partial charge in [-0.25, -0.2) is 9.88 Å². The van der Waals surface area contributed by atoms with E-state index in [-0.39, 0.29) is 0 Å². The molecule has 0 N–H and O–H groups in total. The molecule has 5 rings (SSSR count). The SMILES string of the molecule is O=S1CCN(C2(CCc3oc(-c4ccc(Cl)c(Cl)c4)nc3-c3ccc(Cl)cc3)OO2)CC1. The van der Waals surface area contributed by atoms with E-state index < -0.39 is 16.7 Å². The zero-order valence-corrected chi connectivity index (χ0v) is 19.9. The zero-order chi connectivity index (χ0) is 22.3. The van der Waals surface area contributed by atoms with Crippen molar-refractivity contribution < 1.29 is 18.4 Å². The standard InChI is InChI=1S/C22H19Cl3N2O4S/c23-16-4-1-14(2-5-16)20-19(29-21(26-20)15-3-6-17(24)18(25)13-15)7-8-22(30-31-22)27-9-11-32(28)12-10-27/h1-6,13H,7-12H2. The third kappa shape index (κ3) is 4.61. The Labute approximate surface area is 202 Å². The lowest BCUT2D eigenvalue weighted by molar-refractivity contribution is 0.0771. The van der Waals surface area contributed by atoms with E-state index in [2.05, 4.69) is 4.90 Å². The maximum Gasteiger partial charge on any atom is 0.290 e. The van der Waals surface area contributed by atoms with Crippen LogP contribution in [0, 0.1) is 0 Å². The summed E-state index contributed by atoms with van der Waals surface area (Å²) in [4.78, 5) is 17.6. The molecule has 3 heterocycles. The van der Waals surface area contributed by atoms with Gasteiger partial charge in [-0.15, -0.1) is 0 Å². The topological polar surface area (TPSA) is 71.4 Å². The van der Waals surface area contributed by atoms with Crippen LogP contribution in [0.5, 0.6) is 0 Å². The Morgan fingerprint density at radius 2 is 1.66 bits per heavy atom. The molecule has 2 aliphatic heterocycles. The van der Waals surface area contributed by atoms with Gasteiger partial charge in [0.1, 0.15) is 11.5 Å². The van der Waals surface area contributed by atoms with Gasteiger partial charge in [0, 0.05) is 64.4 Å². The Bertz CT molecular complexity index is 1150. The Hall–Kier alpha value is -1.45. The van der Waals surface area contributed by atoms with E-state index in [9.17, 15) is 4.21 Å². The summed E-state index contributed by atoms with van der Waals surface area (Å²) in [6.07, 6.45) is 1.09. The lowest BCUT2D eigenvalue weighted by Crippen LogP contribution is -2.46. The van der Waals surface area contributed by atoms with Crippen molar-refractivity contribution in [1.82, 2.24) is 9.88 Å². The second-order valence-electron chi connectivity index (χ2n) is 7.64. The molecule has 0 unspecified atom stereocenters. The minimum Gasteiger partial charge on any atom is -0.440 e. The molecule has 0 spiro atoms. The number of hydrogen-bond acceptors (Lipinski definition) is 6. The van der Waals surface area contributed by atoms with Crippen LogP contribution in [0.15, 0.2) is 46.9 Å². The summed E-state index contributed by atoms with van der Waals surface area (Å²) in [5.74, 6) is 1.59. The first kappa shape index (κ1) is 22.3. The maximum absolute atomic E-state index is 11.7. The molecule has 32 heavy (non-hydrogen) atoms. The summed E-state index contributed by atoms with van der Waals surface area (Å²) in [5, 5.41) is 1.54. The molecular formula is C22H19Cl3N2O4S. The van der Waals surface area contributed by atoms with Crippen LogP contribution in [0.1, 0.15) is 12.2 Å². The van der Waals surface area contributed by atoms with Gasteiger partial charge < -0.3 is 4.42 Å². The Kier molecular flexibility index (Phi) is 6.33. The summed E-state index contributed by atoms with van der Waals surface area (Å²) >= 11 is 18.3. The third-order valence-electron chi connectivity index (χ3n) is 5.58. The van der Waals surface area contributed by atoms with E-state index in [1.165, 1.54) is 0 Å². The van der Waals surface area contributed by atoms with Crippen molar-refractivity contribution in [3.8, 4) is 22.7 Å². The molecule has 6 nitrogen and oxygen atoms in total. The normalized spacial score (nSPS) is 18.7. The van der Waals surface area contributed by atoms with Crippen molar-refractivity contribution in [2.45, 2.75) is 18.8 Å². The quantitative estimate of drug-likeness (QED) is 0.316. The monoisotopic (exact) mass is 512 g/mol. The molecule has 2 aromatic carbocycles. The molecular weight excluding hydrogens is 495 g/mol. The average molecular weight is 514 g/mol. The maximum atomic E-state index is 11.7. The highest BCUT2D eigenvalue weighted by Gasteiger charge is 2.54. The predicted octanol–water partition coefficient (Wildman–Crippen LogP) is 5.58. The van der Waals surface area contributed by atoms with Crippen LogP contribution in [-0.4, -0.2) is 44.6 Å². The van der Waals surface area contributed by atoms with Gasteiger partial charge in [-0.1, -0.05) is 46.9 Å². The van der Waals surface area contributed by atoms with Crippen molar-refractivity contribution in [2.24, 2.45) is 0 Å². The summed E-state index contributed by atoms with van der Waals surface area (Å²) < 4.78 is 17.9. The number of halogens is 3. The Morgan fingerprint density at radius 3 is 2.31 bits per heavy atom. The van der Waals surface area contributed by atoms with Gasteiger partial charge in [-0.05, 0) is 30.3 Å². The fourth-order valence-corrected chi connectivity index (χ4v) is 5.23. The van der Waals surface area contributed by atoms with E-state index in [0.717, 1.165) is 16.8 Å². The summed E-state index contributed by atoms with van der Waals surface area (Å²) in [6, 6.07) is 12.7. The molecule has 2 saturated heterocycles. The highest BCUT2D eigenvalue weighted by Crippen LogP contribution is 2.40.